The molecule has 1 aliphatic rings. The molecule has 1 unspecified atom stereocenters. The van der Waals surface area contributed by atoms with Gasteiger partial charge in [0, 0.05) is 6.04 Å². The summed E-state index contributed by atoms with van der Waals surface area (Å²) >= 11 is 0. The SMILES string of the molecule is Cc1ccccc1C(Cc1ccccc1)N1CCCC1. The number of rotatable bonds is 4. The van der Waals surface area contributed by atoms with Gasteiger partial charge in [-0.2, -0.15) is 0 Å². The Kier molecular flexibility index (Phi) is 4.17. The van der Waals surface area contributed by atoms with Crippen molar-refractivity contribution in [3.8, 4) is 0 Å². The van der Waals surface area contributed by atoms with E-state index in [1.54, 1.807) is 0 Å². The molecule has 0 radical (unpaired) electrons. The lowest BCUT2D eigenvalue weighted by atomic mass is 9.94. The molecule has 0 spiro atoms. The van der Waals surface area contributed by atoms with Gasteiger partial charge in [-0.1, -0.05) is 54.6 Å². The van der Waals surface area contributed by atoms with Crippen LogP contribution in [-0.2, 0) is 6.42 Å². The molecule has 1 heterocycles. The molecule has 1 saturated heterocycles. The molecule has 1 heteroatoms. The Balaban J connectivity index is 1.90. The minimum absolute atomic E-state index is 0.529. The molecule has 0 amide bonds. The van der Waals surface area contributed by atoms with Gasteiger partial charge >= 0.3 is 0 Å². The zero-order chi connectivity index (χ0) is 13.8. The third-order valence-corrected chi connectivity index (χ3v) is 4.40. The van der Waals surface area contributed by atoms with Gasteiger partial charge in [-0.25, -0.2) is 0 Å². The minimum atomic E-state index is 0.529. The van der Waals surface area contributed by atoms with E-state index in [-0.39, 0.29) is 0 Å². The van der Waals surface area contributed by atoms with Crippen LogP contribution in [0.15, 0.2) is 54.6 Å². The monoisotopic (exact) mass is 265 g/mol. The smallest absolute Gasteiger partial charge is 0.0391 e. The Morgan fingerprint density at radius 2 is 1.55 bits per heavy atom. The highest BCUT2D eigenvalue weighted by Crippen LogP contribution is 2.30. The van der Waals surface area contributed by atoms with Gasteiger partial charge in [-0.15, -0.1) is 0 Å². The van der Waals surface area contributed by atoms with Crippen LogP contribution in [0, 0.1) is 6.92 Å². The molecule has 0 saturated carbocycles. The van der Waals surface area contributed by atoms with Gasteiger partial charge in [0.1, 0.15) is 0 Å². The number of nitrogens with zero attached hydrogens (tertiary/aromatic N) is 1. The van der Waals surface area contributed by atoms with Crippen molar-refractivity contribution in [3.63, 3.8) is 0 Å². The highest BCUT2D eigenvalue weighted by atomic mass is 15.2. The molecule has 1 atom stereocenters. The van der Waals surface area contributed by atoms with Crippen molar-refractivity contribution >= 4 is 0 Å². The van der Waals surface area contributed by atoms with Gasteiger partial charge < -0.3 is 0 Å². The largest absolute Gasteiger partial charge is 0.296 e. The molecule has 0 aliphatic carbocycles. The van der Waals surface area contributed by atoms with Crippen molar-refractivity contribution in [2.45, 2.75) is 32.2 Å². The van der Waals surface area contributed by atoms with Gasteiger partial charge in [0.25, 0.3) is 0 Å². The molecule has 1 aliphatic heterocycles. The minimum Gasteiger partial charge on any atom is -0.296 e. The summed E-state index contributed by atoms with van der Waals surface area (Å²) in [6.45, 7) is 4.72. The topological polar surface area (TPSA) is 3.24 Å². The Morgan fingerprint density at radius 1 is 0.900 bits per heavy atom. The zero-order valence-electron chi connectivity index (χ0n) is 12.3. The lowest BCUT2D eigenvalue weighted by Gasteiger charge is -2.29. The van der Waals surface area contributed by atoms with Crippen LogP contribution < -0.4 is 0 Å². The second kappa shape index (κ2) is 6.23. The highest BCUT2D eigenvalue weighted by Gasteiger charge is 2.24. The van der Waals surface area contributed by atoms with Crippen LogP contribution in [0.4, 0.5) is 0 Å². The fourth-order valence-electron chi connectivity index (χ4n) is 3.29. The first-order valence-corrected chi connectivity index (χ1v) is 7.68. The molecular formula is C19H23N. The molecule has 0 bridgehead atoms. The van der Waals surface area contributed by atoms with Crippen LogP contribution in [-0.4, -0.2) is 18.0 Å². The number of aryl methyl sites for hydroxylation is 1. The average molecular weight is 265 g/mol. The van der Waals surface area contributed by atoms with E-state index in [1.165, 1.54) is 42.6 Å². The van der Waals surface area contributed by atoms with Crippen LogP contribution >= 0.6 is 0 Å². The number of hydrogen-bond donors (Lipinski definition) is 0. The predicted molar refractivity (Wildman–Crippen MR) is 84.9 cm³/mol. The van der Waals surface area contributed by atoms with Gasteiger partial charge in [-0.3, -0.25) is 4.90 Å². The lowest BCUT2D eigenvalue weighted by Crippen LogP contribution is -2.27. The van der Waals surface area contributed by atoms with Gasteiger partial charge in [0.05, 0.1) is 0 Å². The molecule has 104 valence electrons. The van der Waals surface area contributed by atoms with Gasteiger partial charge in [0.2, 0.25) is 0 Å². The molecule has 0 N–H and O–H groups in total. The van der Waals surface area contributed by atoms with E-state index in [2.05, 4.69) is 66.4 Å². The average Bonchev–Trinajstić information content (AvgIpc) is 3.01. The maximum atomic E-state index is 2.66. The van der Waals surface area contributed by atoms with Crippen molar-refractivity contribution in [1.82, 2.24) is 4.90 Å². The third-order valence-electron chi connectivity index (χ3n) is 4.40. The third kappa shape index (κ3) is 2.94. The van der Waals surface area contributed by atoms with Gasteiger partial charge in [0.15, 0.2) is 0 Å². The zero-order valence-corrected chi connectivity index (χ0v) is 12.3. The highest BCUT2D eigenvalue weighted by molar-refractivity contribution is 5.31. The summed E-state index contributed by atoms with van der Waals surface area (Å²) in [5.74, 6) is 0. The summed E-state index contributed by atoms with van der Waals surface area (Å²) in [6, 6.07) is 20.3. The van der Waals surface area contributed by atoms with Crippen LogP contribution in [0.25, 0.3) is 0 Å². The van der Waals surface area contributed by atoms with E-state index in [9.17, 15) is 0 Å². The standard InChI is InChI=1S/C19H23N/c1-16-9-5-6-12-18(16)19(20-13-7-8-14-20)15-17-10-3-2-4-11-17/h2-6,9-12,19H,7-8,13-15H2,1H3. The molecule has 1 nitrogen and oxygen atoms in total. The predicted octanol–water partition coefficient (Wildman–Crippen LogP) is 4.37. The second-order valence-electron chi connectivity index (χ2n) is 5.81. The fourth-order valence-corrected chi connectivity index (χ4v) is 3.29. The molecule has 0 aromatic heterocycles. The Hall–Kier alpha value is -1.60. The summed E-state index contributed by atoms with van der Waals surface area (Å²) in [5, 5.41) is 0. The van der Waals surface area contributed by atoms with E-state index >= 15 is 0 Å². The van der Waals surface area contributed by atoms with Crippen molar-refractivity contribution in [2.24, 2.45) is 0 Å². The quantitative estimate of drug-likeness (QED) is 0.793. The first kappa shape index (κ1) is 13.4. The van der Waals surface area contributed by atoms with Crippen LogP contribution in [0.1, 0.15) is 35.6 Å². The van der Waals surface area contributed by atoms with E-state index in [0.717, 1.165) is 6.42 Å². The maximum absolute atomic E-state index is 2.66. The molecule has 20 heavy (non-hydrogen) atoms. The second-order valence-corrected chi connectivity index (χ2v) is 5.81. The van der Waals surface area contributed by atoms with Crippen molar-refractivity contribution < 1.29 is 0 Å². The normalized spacial score (nSPS) is 17.2. The molecule has 2 aromatic carbocycles. The molecule has 1 fully saturated rings. The van der Waals surface area contributed by atoms with Crippen molar-refractivity contribution in [1.29, 1.82) is 0 Å². The Labute approximate surface area is 122 Å². The van der Waals surface area contributed by atoms with Crippen molar-refractivity contribution in [3.05, 3.63) is 71.3 Å². The number of hydrogen-bond acceptors (Lipinski definition) is 1. The van der Waals surface area contributed by atoms with E-state index in [0.29, 0.717) is 6.04 Å². The van der Waals surface area contributed by atoms with Crippen LogP contribution in [0.5, 0.6) is 0 Å². The first-order valence-electron chi connectivity index (χ1n) is 7.68. The number of benzene rings is 2. The fraction of sp³-hybridized carbons (Fsp3) is 0.368. The summed E-state index contributed by atoms with van der Waals surface area (Å²) in [7, 11) is 0. The number of likely N-dealkylation sites (tertiary alicyclic amines) is 1. The van der Waals surface area contributed by atoms with Crippen molar-refractivity contribution in [2.75, 3.05) is 13.1 Å². The van der Waals surface area contributed by atoms with Gasteiger partial charge in [-0.05, 0) is 56.0 Å². The first-order chi connectivity index (χ1) is 9.84. The maximum Gasteiger partial charge on any atom is 0.0391 e. The molecule has 3 rings (SSSR count). The lowest BCUT2D eigenvalue weighted by molar-refractivity contribution is 0.243. The Bertz CT molecular complexity index is 541. The van der Waals surface area contributed by atoms with Crippen LogP contribution in [0.2, 0.25) is 0 Å². The summed E-state index contributed by atoms with van der Waals surface area (Å²) in [6.07, 6.45) is 3.81. The molecule has 2 aromatic rings. The van der Waals surface area contributed by atoms with Crippen LogP contribution in [0.3, 0.4) is 0 Å². The summed E-state index contributed by atoms with van der Waals surface area (Å²) < 4.78 is 0. The van der Waals surface area contributed by atoms with E-state index < -0.39 is 0 Å². The summed E-state index contributed by atoms with van der Waals surface area (Å²) in [5.41, 5.74) is 4.35. The molecular weight excluding hydrogens is 242 g/mol. The van der Waals surface area contributed by atoms with E-state index in [1.807, 2.05) is 0 Å². The Morgan fingerprint density at radius 3 is 2.25 bits per heavy atom. The van der Waals surface area contributed by atoms with E-state index in [4.69, 9.17) is 0 Å². The summed E-state index contributed by atoms with van der Waals surface area (Å²) in [4.78, 5) is 2.66.